The Hall–Kier alpha value is -3.02. The van der Waals surface area contributed by atoms with Crippen LogP contribution < -0.4 is 5.32 Å². The van der Waals surface area contributed by atoms with Gasteiger partial charge in [0.1, 0.15) is 0 Å². The number of rotatable bonds is 1. The number of nitrogens with zero attached hydrogens (tertiary/aromatic N) is 1. The molecule has 2 aromatic carbocycles. The van der Waals surface area contributed by atoms with Crippen molar-refractivity contribution in [2.24, 2.45) is 0 Å². The third-order valence-electron chi connectivity index (χ3n) is 4.14. The standard InChI is InChI=1S/C16H10N2O4/c1-2-18-15(21)9-5-3-7-11-8(14(20)17-13(7)19)4-6-10(12(9)11)16(18)22/h3-6H,2H2,1H3,(H,17,19,20). The van der Waals surface area contributed by atoms with E-state index in [0.717, 1.165) is 4.90 Å². The number of nitrogens with one attached hydrogen (secondary N) is 1. The Morgan fingerprint density at radius 1 is 0.773 bits per heavy atom. The average molecular weight is 294 g/mol. The first-order chi connectivity index (χ1) is 10.5. The van der Waals surface area contributed by atoms with Crippen LogP contribution >= 0.6 is 0 Å². The fourth-order valence-corrected chi connectivity index (χ4v) is 3.14. The molecule has 0 spiro atoms. The van der Waals surface area contributed by atoms with E-state index in [4.69, 9.17) is 0 Å². The second kappa shape index (κ2) is 4.00. The highest BCUT2D eigenvalue weighted by Crippen LogP contribution is 2.35. The summed E-state index contributed by atoms with van der Waals surface area (Å²) in [5.74, 6) is -1.83. The second-order valence-electron chi connectivity index (χ2n) is 5.21. The molecule has 0 aliphatic carbocycles. The van der Waals surface area contributed by atoms with E-state index < -0.39 is 23.6 Å². The maximum atomic E-state index is 12.5. The van der Waals surface area contributed by atoms with Crippen LogP contribution in [-0.4, -0.2) is 35.1 Å². The van der Waals surface area contributed by atoms with Crippen LogP contribution in [0.3, 0.4) is 0 Å². The highest BCUT2D eigenvalue weighted by atomic mass is 16.2. The zero-order valence-electron chi connectivity index (χ0n) is 11.6. The summed E-state index contributed by atoms with van der Waals surface area (Å²) in [5.41, 5.74) is 1.31. The number of benzene rings is 2. The molecule has 2 aliphatic heterocycles. The largest absolute Gasteiger partial charge is 0.288 e. The lowest BCUT2D eigenvalue weighted by atomic mass is 9.86. The minimum atomic E-state index is -0.515. The topological polar surface area (TPSA) is 83.6 Å². The zero-order valence-corrected chi connectivity index (χ0v) is 11.6. The summed E-state index contributed by atoms with van der Waals surface area (Å²) < 4.78 is 0. The Labute approximate surface area is 124 Å². The Bertz CT molecular complexity index is 861. The molecule has 0 atom stereocenters. The summed E-state index contributed by atoms with van der Waals surface area (Å²) in [6.45, 7) is 1.99. The highest BCUT2D eigenvalue weighted by Gasteiger charge is 2.36. The van der Waals surface area contributed by atoms with Crippen molar-refractivity contribution in [2.75, 3.05) is 6.54 Å². The van der Waals surface area contributed by atoms with Gasteiger partial charge in [0.25, 0.3) is 23.6 Å². The van der Waals surface area contributed by atoms with Gasteiger partial charge in [0, 0.05) is 39.6 Å². The zero-order chi connectivity index (χ0) is 15.6. The predicted octanol–water partition coefficient (Wildman–Crippen LogP) is 1.34. The van der Waals surface area contributed by atoms with Gasteiger partial charge in [-0.3, -0.25) is 29.4 Å². The number of carbonyl (C=O) groups is 4. The Morgan fingerprint density at radius 3 is 1.64 bits per heavy atom. The summed E-state index contributed by atoms with van der Waals surface area (Å²) in [6.07, 6.45) is 0. The first-order valence-corrected chi connectivity index (χ1v) is 6.86. The van der Waals surface area contributed by atoms with Crippen molar-refractivity contribution in [2.45, 2.75) is 6.92 Å². The van der Waals surface area contributed by atoms with Crippen LogP contribution in [-0.2, 0) is 0 Å². The fraction of sp³-hybridized carbons (Fsp3) is 0.125. The smallest absolute Gasteiger partial charge is 0.261 e. The molecular weight excluding hydrogens is 284 g/mol. The van der Waals surface area contributed by atoms with Gasteiger partial charge in [-0.2, -0.15) is 0 Å². The van der Waals surface area contributed by atoms with E-state index in [1.54, 1.807) is 6.92 Å². The van der Waals surface area contributed by atoms with Gasteiger partial charge in [-0.1, -0.05) is 0 Å². The molecule has 2 heterocycles. The molecule has 0 bridgehead atoms. The van der Waals surface area contributed by atoms with Gasteiger partial charge in [-0.15, -0.1) is 0 Å². The van der Waals surface area contributed by atoms with Crippen molar-refractivity contribution in [1.82, 2.24) is 10.2 Å². The van der Waals surface area contributed by atoms with Gasteiger partial charge in [0.05, 0.1) is 0 Å². The maximum Gasteiger partial charge on any atom is 0.261 e. The molecule has 0 aromatic heterocycles. The molecule has 2 aliphatic rings. The van der Waals surface area contributed by atoms with E-state index in [2.05, 4.69) is 5.32 Å². The van der Waals surface area contributed by atoms with Gasteiger partial charge in [0.2, 0.25) is 0 Å². The lowest BCUT2D eigenvalue weighted by Crippen LogP contribution is -2.41. The Morgan fingerprint density at radius 2 is 1.18 bits per heavy atom. The minimum absolute atomic E-state index is 0.265. The van der Waals surface area contributed by atoms with Crippen molar-refractivity contribution < 1.29 is 19.2 Å². The number of imide groups is 2. The minimum Gasteiger partial charge on any atom is -0.288 e. The van der Waals surface area contributed by atoms with Gasteiger partial charge in [-0.05, 0) is 31.2 Å². The van der Waals surface area contributed by atoms with E-state index in [0.29, 0.717) is 33.0 Å². The molecule has 6 heteroatoms. The Kier molecular flexibility index (Phi) is 2.31. The van der Waals surface area contributed by atoms with Crippen molar-refractivity contribution in [3.63, 3.8) is 0 Å². The summed E-state index contributed by atoms with van der Waals surface area (Å²) in [4.78, 5) is 50.0. The van der Waals surface area contributed by atoms with E-state index in [9.17, 15) is 19.2 Å². The van der Waals surface area contributed by atoms with E-state index in [-0.39, 0.29) is 6.54 Å². The second-order valence-corrected chi connectivity index (χ2v) is 5.21. The van der Waals surface area contributed by atoms with Crippen molar-refractivity contribution in [3.8, 4) is 0 Å². The molecule has 1 N–H and O–H groups in total. The first kappa shape index (κ1) is 12.7. The van der Waals surface area contributed by atoms with Crippen LogP contribution in [0.1, 0.15) is 48.4 Å². The molecule has 4 rings (SSSR count). The third-order valence-corrected chi connectivity index (χ3v) is 4.14. The molecule has 0 saturated carbocycles. The lowest BCUT2D eigenvalue weighted by Gasteiger charge is -2.28. The van der Waals surface area contributed by atoms with Gasteiger partial charge in [-0.25, -0.2) is 0 Å². The number of amides is 4. The third kappa shape index (κ3) is 1.34. The molecule has 2 aromatic rings. The number of hydrogen-bond acceptors (Lipinski definition) is 4. The molecule has 22 heavy (non-hydrogen) atoms. The molecule has 0 fully saturated rings. The van der Waals surface area contributed by atoms with Crippen molar-refractivity contribution in [3.05, 3.63) is 46.5 Å². The summed E-state index contributed by atoms with van der Waals surface area (Å²) in [5, 5.41) is 3.05. The van der Waals surface area contributed by atoms with Gasteiger partial charge >= 0.3 is 0 Å². The SMILES string of the molecule is CCN1C(=O)c2ccc3c4c(ccc(c24)C1=O)C(=O)NC3=O. The summed E-state index contributed by atoms with van der Waals surface area (Å²) in [6, 6.07) is 6.12. The maximum absolute atomic E-state index is 12.5. The molecule has 0 radical (unpaired) electrons. The quantitative estimate of drug-likeness (QED) is 0.804. The molecule has 0 unspecified atom stereocenters. The molecule has 6 nitrogen and oxygen atoms in total. The molecular formula is C16H10N2O4. The molecule has 108 valence electrons. The lowest BCUT2D eigenvalue weighted by molar-refractivity contribution is 0.0617. The number of hydrogen-bond donors (Lipinski definition) is 1. The van der Waals surface area contributed by atoms with Crippen LogP contribution in [0.4, 0.5) is 0 Å². The van der Waals surface area contributed by atoms with Crippen LogP contribution in [0, 0.1) is 0 Å². The van der Waals surface area contributed by atoms with Crippen LogP contribution in [0.5, 0.6) is 0 Å². The van der Waals surface area contributed by atoms with Crippen LogP contribution in [0.15, 0.2) is 24.3 Å². The van der Waals surface area contributed by atoms with Gasteiger partial charge < -0.3 is 0 Å². The monoisotopic (exact) mass is 294 g/mol. The number of carbonyl (C=O) groups excluding carboxylic acids is 4. The normalized spacial score (nSPS) is 16.3. The van der Waals surface area contributed by atoms with Crippen molar-refractivity contribution >= 4 is 34.4 Å². The van der Waals surface area contributed by atoms with E-state index in [1.807, 2.05) is 0 Å². The fourth-order valence-electron chi connectivity index (χ4n) is 3.14. The van der Waals surface area contributed by atoms with Gasteiger partial charge in [0.15, 0.2) is 0 Å². The van der Waals surface area contributed by atoms with E-state index in [1.165, 1.54) is 24.3 Å². The molecule has 0 saturated heterocycles. The van der Waals surface area contributed by atoms with Crippen molar-refractivity contribution in [1.29, 1.82) is 0 Å². The van der Waals surface area contributed by atoms with E-state index >= 15 is 0 Å². The van der Waals surface area contributed by atoms with Crippen LogP contribution in [0.2, 0.25) is 0 Å². The first-order valence-electron chi connectivity index (χ1n) is 6.86. The highest BCUT2D eigenvalue weighted by molar-refractivity contribution is 6.33. The molecule has 4 amide bonds. The summed E-state index contributed by atoms with van der Waals surface area (Å²) >= 11 is 0. The Balaban J connectivity index is 2.20. The summed E-state index contributed by atoms with van der Waals surface area (Å²) in [7, 11) is 0. The average Bonchev–Trinajstić information content (AvgIpc) is 2.51. The van der Waals surface area contributed by atoms with Crippen LogP contribution in [0.25, 0.3) is 10.8 Å². The predicted molar refractivity (Wildman–Crippen MR) is 76.8 cm³/mol.